The highest BCUT2D eigenvalue weighted by atomic mass is 35.5. The zero-order valence-electron chi connectivity index (χ0n) is 17.4. The second-order valence-electron chi connectivity index (χ2n) is 6.95. The van der Waals surface area contributed by atoms with E-state index >= 15 is 0 Å². The van der Waals surface area contributed by atoms with Gasteiger partial charge in [0.15, 0.2) is 0 Å². The smallest absolute Gasteiger partial charge is 0.315 e. The fraction of sp³-hybridized carbons (Fsp3) is 0.130. The molecule has 0 saturated carbocycles. The Balaban J connectivity index is 1.67. The molecule has 0 heterocycles. The maximum atomic E-state index is 12.9. The molecule has 0 radical (unpaired) electrons. The van der Waals surface area contributed by atoms with Gasteiger partial charge < -0.3 is 10.1 Å². The van der Waals surface area contributed by atoms with Crippen molar-refractivity contribution < 1.29 is 22.7 Å². The van der Waals surface area contributed by atoms with Crippen LogP contribution in [0.5, 0.6) is 5.75 Å². The van der Waals surface area contributed by atoms with Crippen LogP contribution >= 0.6 is 11.6 Å². The third-order valence-electron chi connectivity index (χ3n) is 4.53. The number of nitrogens with one attached hydrogen (secondary N) is 1. The number of hydrogen-bond acceptors (Lipinski definition) is 5. The Morgan fingerprint density at radius 1 is 0.938 bits per heavy atom. The Labute approximate surface area is 191 Å². The molecule has 0 aromatic heterocycles. The monoisotopic (exact) mass is 472 g/mol. The minimum atomic E-state index is -3.82. The minimum absolute atomic E-state index is 0.0765. The van der Waals surface area contributed by atoms with Gasteiger partial charge in [-0.1, -0.05) is 23.7 Å². The molecule has 32 heavy (non-hydrogen) atoms. The lowest BCUT2D eigenvalue weighted by Gasteiger charge is -2.20. The third-order valence-corrected chi connectivity index (χ3v) is 6.58. The first-order chi connectivity index (χ1) is 15.1. The number of ether oxygens (including phenoxy) is 1. The number of benzene rings is 3. The molecule has 3 aromatic rings. The molecular weight excluding hydrogens is 452 g/mol. The largest absolute Gasteiger partial charge is 0.426 e. The van der Waals surface area contributed by atoms with Gasteiger partial charge in [0, 0.05) is 24.7 Å². The SMILES string of the molecule is CC(=O)Nc1ccc(S(=O)(=O)N(C)c2ccc(OC(=O)Cc3ccc(Cl)cc3)cc2)cc1. The molecular formula is C23H21ClN2O5S. The van der Waals surface area contributed by atoms with Crippen molar-refractivity contribution >= 4 is 44.9 Å². The molecule has 0 fully saturated rings. The molecule has 9 heteroatoms. The second kappa shape index (κ2) is 9.84. The summed E-state index contributed by atoms with van der Waals surface area (Å²) in [6.45, 7) is 1.37. The van der Waals surface area contributed by atoms with Crippen molar-refractivity contribution in [2.45, 2.75) is 18.2 Å². The number of sulfonamides is 1. The van der Waals surface area contributed by atoms with Gasteiger partial charge in [0.25, 0.3) is 10.0 Å². The van der Waals surface area contributed by atoms with Crippen molar-refractivity contribution in [1.82, 2.24) is 0 Å². The van der Waals surface area contributed by atoms with Gasteiger partial charge in [-0.3, -0.25) is 13.9 Å². The van der Waals surface area contributed by atoms with Crippen LogP contribution in [0.2, 0.25) is 5.02 Å². The Morgan fingerprint density at radius 3 is 2.09 bits per heavy atom. The van der Waals surface area contributed by atoms with Gasteiger partial charge in [0.1, 0.15) is 5.75 Å². The first kappa shape index (κ1) is 23.3. The fourth-order valence-electron chi connectivity index (χ4n) is 2.87. The van der Waals surface area contributed by atoms with E-state index < -0.39 is 16.0 Å². The quantitative estimate of drug-likeness (QED) is 0.409. The van der Waals surface area contributed by atoms with E-state index in [2.05, 4.69) is 5.32 Å². The number of anilines is 2. The topological polar surface area (TPSA) is 92.8 Å². The fourth-order valence-corrected chi connectivity index (χ4v) is 4.19. The van der Waals surface area contributed by atoms with Crippen LogP contribution in [0.4, 0.5) is 11.4 Å². The first-order valence-electron chi connectivity index (χ1n) is 9.57. The second-order valence-corrected chi connectivity index (χ2v) is 9.36. The highest BCUT2D eigenvalue weighted by molar-refractivity contribution is 7.92. The highest BCUT2D eigenvalue weighted by Crippen LogP contribution is 2.25. The van der Waals surface area contributed by atoms with Crippen LogP contribution in [0.25, 0.3) is 0 Å². The van der Waals surface area contributed by atoms with Gasteiger partial charge in [0.05, 0.1) is 17.0 Å². The number of carbonyl (C=O) groups is 2. The van der Waals surface area contributed by atoms with Crippen molar-refractivity contribution in [2.24, 2.45) is 0 Å². The number of rotatable bonds is 7. The number of carbonyl (C=O) groups excluding carboxylic acids is 2. The zero-order chi connectivity index (χ0) is 23.3. The standard InChI is InChI=1S/C23H21ClN2O5S/c1-16(27)25-19-7-13-22(14-8-19)32(29,30)26(2)20-9-11-21(12-10-20)31-23(28)15-17-3-5-18(24)6-4-17/h3-14H,15H2,1-2H3,(H,25,27). The lowest BCUT2D eigenvalue weighted by Crippen LogP contribution is -2.26. The molecule has 0 unspecified atom stereocenters. The number of nitrogens with zero attached hydrogens (tertiary/aromatic N) is 1. The summed E-state index contributed by atoms with van der Waals surface area (Å²) in [4.78, 5) is 23.3. The predicted molar refractivity (Wildman–Crippen MR) is 124 cm³/mol. The van der Waals surface area contributed by atoms with E-state index in [-0.39, 0.29) is 17.2 Å². The molecule has 166 valence electrons. The van der Waals surface area contributed by atoms with E-state index in [0.29, 0.717) is 22.1 Å². The lowest BCUT2D eigenvalue weighted by molar-refractivity contribution is -0.133. The minimum Gasteiger partial charge on any atom is -0.426 e. The summed E-state index contributed by atoms with van der Waals surface area (Å²) in [6, 6.07) is 18.9. The predicted octanol–water partition coefficient (Wildman–Crippen LogP) is 4.27. The Kier molecular flexibility index (Phi) is 7.17. The number of hydrogen-bond donors (Lipinski definition) is 1. The zero-order valence-corrected chi connectivity index (χ0v) is 19.0. The lowest BCUT2D eigenvalue weighted by atomic mass is 10.1. The van der Waals surface area contributed by atoms with Crippen molar-refractivity contribution in [3.05, 3.63) is 83.4 Å². The molecule has 0 aliphatic carbocycles. The van der Waals surface area contributed by atoms with Crippen LogP contribution in [0, 0.1) is 0 Å². The molecule has 0 atom stereocenters. The molecule has 3 aromatic carbocycles. The van der Waals surface area contributed by atoms with Gasteiger partial charge in [0.2, 0.25) is 5.91 Å². The third kappa shape index (κ3) is 5.87. The van der Waals surface area contributed by atoms with Crippen LogP contribution in [0.3, 0.4) is 0 Å². The normalized spacial score (nSPS) is 11.0. The molecule has 0 saturated heterocycles. The van der Waals surface area contributed by atoms with Gasteiger partial charge in [-0.05, 0) is 66.2 Å². The molecule has 3 rings (SSSR count). The van der Waals surface area contributed by atoms with Crippen molar-refractivity contribution in [3.8, 4) is 5.75 Å². The van der Waals surface area contributed by atoms with Gasteiger partial charge >= 0.3 is 5.97 Å². The molecule has 0 aliphatic heterocycles. The van der Waals surface area contributed by atoms with Crippen LogP contribution in [0.15, 0.2) is 77.7 Å². The van der Waals surface area contributed by atoms with Crippen LogP contribution in [-0.4, -0.2) is 27.3 Å². The van der Waals surface area contributed by atoms with E-state index in [0.717, 1.165) is 9.87 Å². The van der Waals surface area contributed by atoms with Crippen molar-refractivity contribution in [2.75, 3.05) is 16.7 Å². The van der Waals surface area contributed by atoms with Crippen molar-refractivity contribution in [3.63, 3.8) is 0 Å². The molecule has 0 spiro atoms. The maximum absolute atomic E-state index is 12.9. The van der Waals surface area contributed by atoms with E-state index in [1.165, 1.54) is 50.4 Å². The van der Waals surface area contributed by atoms with Gasteiger partial charge in [-0.2, -0.15) is 0 Å². The summed E-state index contributed by atoms with van der Waals surface area (Å²) in [5.74, 6) is -0.384. The maximum Gasteiger partial charge on any atom is 0.315 e. The Hall–Kier alpha value is -3.36. The van der Waals surface area contributed by atoms with Crippen molar-refractivity contribution in [1.29, 1.82) is 0 Å². The average molecular weight is 473 g/mol. The van der Waals surface area contributed by atoms with E-state index in [9.17, 15) is 18.0 Å². The van der Waals surface area contributed by atoms with Gasteiger partial charge in [-0.25, -0.2) is 8.42 Å². The van der Waals surface area contributed by atoms with E-state index in [4.69, 9.17) is 16.3 Å². The number of halogens is 1. The first-order valence-corrected chi connectivity index (χ1v) is 11.4. The van der Waals surface area contributed by atoms with Crippen LogP contribution < -0.4 is 14.4 Å². The molecule has 0 aliphatic rings. The summed E-state index contributed by atoms with van der Waals surface area (Å²) in [5, 5.41) is 3.17. The number of esters is 1. The average Bonchev–Trinajstić information content (AvgIpc) is 2.75. The summed E-state index contributed by atoms with van der Waals surface area (Å²) < 4.78 is 32.2. The summed E-state index contributed by atoms with van der Waals surface area (Å²) in [5.41, 5.74) is 1.67. The van der Waals surface area contributed by atoms with E-state index in [1.54, 1.807) is 36.4 Å². The Morgan fingerprint density at radius 2 is 1.53 bits per heavy atom. The molecule has 1 N–H and O–H groups in total. The Bertz CT molecular complexity index is 1210. The molecule has 7 nitrogen and oxygen atoms in total. The number of amides is 1. The van der Waals surface area contributed by atoms with Crippen LogP contribution in [-0.2, 0) is 26.0 Å². The summed E-state index contributed by atoms with van der Waals surface area (Å²) in [7, 11) is -2.39. The van der Waals surface area contributed by atoms with Crippen LogP contribution in [0.1, 0.15) is 12.5 Å². The summed E-state index contributed by atoms with van der Waals surface area (Å²) in [6.07, 6.45) is 0.0850. The van der Waals surface area contributed by atoms with E-state index in [1.807, 2.05) is 0 Å². The molecule has 1 amide bonds. The molecule has 0 bridgehead atoms. The van der Waals surface area contributed by atoms with Gasteiger partial charge in [-0.15, -0.1) is 0 Å². The summed E-state index contributed by atoms with van der Waals surface area (Å²) >= 11 is 5.84. The highest BCUT2D eigenvalue weighted by Gasteiger charge is 2.21.